The Kier molecular flexibility index (Phi) is 5.00. The predicted octanol–water partition coefficient (Wildman–Crippen LogP) is 4.44. The highest BCUT2D eigenvalue weighted by Gasteiger charge is 2.41. The van der Waals surface area contributed by atoms with Crippen molar-refractivity contribution < 1.29 is 13.8 Å². The van der Waals surface area contributed by atoms with Gasteiger partial charge < -0.3 is 0 Å². The Morgan fingerprint density at radius 3 is 2.23 bits per heavy atom. The maximum absolute atomic E-state index is 14.5. The SMILES string of the molecule is O=C1C(Cc2ccccc2)Nc2c(Cc3ccccc3)nc(-c3ccccc3F)c[n+]21. The first-order valence-electron chi connectivity index (χ1n) is 10.3. The fraction of sp³-hybridized carbons (Fsp3) is 0.115. The molecule has 1 aromatic heterocycles. The lowest BCUT2D eigenvalue weighted by molar-refractivity contribution is -0.552. The molecule has 4 nitrogen and oxygen atoms in total. The summed E-state index contributed by atoms with van der Waals surface area (Å²) in [5, 5.41) is 3.37. The molecular weight excluding hydrogens is 389 g/mol. The van der Waals surface area contributed by atoms with Gasteiger partial charge in [0.25, 0.3) is 0 Å². The van der Waals surface area contributed by atoms with Crippen molar-refractivity contribution in [3.8, 4) is 11.3 Å². The molecule has 0 saturated heterocycles. The van der Waals surface area contributed by atoms with Gasteiger partial charge in [0, 0.05) is 18.4 Å². The Morgan fingerprint density at radius 2 is 1.52 bits per heavy atom. The molecule has 5 rings (SSSR count). The molecule has 1 atom stereocenters. The second-order valence-corrected chi connectivity index (χ2v) is 7.66. The average molecular weight is 410 g/mol. The summed E-state index contributed by atoms with van der Waals surface area (Å²) in [7, 11) is 0. The van der Waals surface area contributed by atoms with E-state index >= 15 is 0 Å². The van der Waals surface area contributed by atoms with Crippen LogP contribution in [-0.2, 0) is 12.8 Å². The van der Waals surface area contributed by atoms with Crippen molar-refractivity contribution in [2.24, 2.45) is 0 Å². The maximum atomic E-state index is 14.5. The maximum Gasteiger partial charge on any atom is 0.359 e. The summed E-state index contributed by atoms with van der Waals surface area (Å²) in [5.41, 5.74) is 3.70. The number of fused-ring (bicyclic) bond motifs is 1. The summed E-state index contributed by atoms with van der Waals surface area (Å²) in [6, 6.07) is 26.0. The molecule has 0 radical (unpaired) electrons. The minimum atomic E-state index is -0.394. The van der Waals surface area contributed by atoms with Gasteiger partial charge in [0.05, 0.1) is 0 Å². The third-order valence-electron chi connectivity index (χ3n) is 5.51. The first-order valence-corrected chi connectivity index (χ1v) is 10.3. The Morgan fingerprint density at radius 1 is 0.871 bits per heavy atom. The highest BCUT2D eigenvalue weighted by atomic mass is 19.1. The zero-order chi connectivity index (χ0) is 21.2. The first kappa shape index (κ1) is 19.1. The van der Waals surface area contributed by atoms with Crippen LogP contribution in [0.5, 0.6) is 0 Å². The number of carbonyl (C=O) groups is 1. The average Bonchev–Trinajstić information content (AvgIpc) is 3.11. The number of halogens is 1. The second-order valence-electron chi connectivity index (χ2n) is 7.66. The summed E-state index contributed by atoms with van der Waals surface area (Å²) in [6.45, 7) is 0. The van der Waals surface area contributed by atoms with Gasteiger partial charge in [-0.15, -0.1) is 0 Å². The third-order valence-corrected chi connectivity index (χ3v) is 5.51. The Bertz CT molecular complexity index is 1240. The van der Waals surface area contributed by atoms with Crippen LogP contribution in [0.25, 0.3) is 11.3 Å². The molecule has 2 heterocycles. The zero-order valence-electron chi connectivity index (χ0n) is 16.8. The fourth-order valence-corrected chi connectivity index (χ4v) is 3.97. The van der Waals surface area contributed by atoms with Gasteiger partial charge in [-0.05, 0) is 23.3 Å². The lowest BCUT2D eigenvalue weighted by Gasteiger charge is -2.07. The molecule has 1 N–H and O–H groups in total. The summed E-state index contributed by atoms with van der Waals surface area (Å²) in [4.78, 5) is 18.0. The number of aromatic nitrogens is 2. The molecule has 0 bridgehead atoms. The van der Waals surface area contributed by atoms with Gasteiger partial charge in [0.15, 0.2) is 6.04 Å². The number of hydrogen-bond donors (Lipinski definition) is 1. The minimum Gasteiger partial charge on any atom is -0.258 e. The van der Waals surface area contributed by atoms with Crippen LogP contribution in [0, 0.1) is 5.82 Å². The number of nitrogens with one attached hydrogen (secondary N) is 1. The number of carbonyl (C=O) groups excluding carboxylic acids is 1. The molecule has 0 amide bonds. The molecule has 4 aromatic rings. The van der Waals surface area contributed by atoms with Crippen molar-refractivity contribution >= 4 is 11.7 Å². The largest absolute Gasteiger partial charge is 0.359 e. The predicted molar refractivity (Wildman–Crippen MR) is 117 cm³/mol. The molecule has 0 spiro atoms. The molecule has 1 unspecified atom stereocenters. The van der Waals surface area contributed by atoms with E-state index < -0.39 is 6.04 Å². The zero-order valence-corrected chi connectivity index (χ0v) is 16.8. The molecule has 3 aromatic carbocycles. The smallest absolute Gasteiger partial charge is 0.258 e. The molecule has 152 valence electrons. The number of benzene rings is 3. The topological polar surface area (TPSA) is 45.9 Å². The van der Waals surface area contributed by atoms with Gasteiger partial charge >= 0.3 is 11.7 Å². The quantitative estimate of drug-likeness (QED) is 0.495. The van der Waals surface area contributed by atoms with Crippen LogP contribution in [0.4, 0.5) is 10.2 Å². The fourth-order valence-electron chi connectivity index (χ4n) is 3.97. The molecule has 1 aliphatic heterocycles. The third kappa shape index (κ3) is 3.82. The van der Waals surface area contributed by atoms with Crippen LogP contribution < -0.4 is 9.88 Å². The number of hydrogen-bond acceptors (Lipinski definition) is 3. The lowest BCUT2D eigenvalue weighted by atomic mass is 10.1. The van der Waals surface area contributed by atoms with E-state index in [9.17, 15) is 9.18 Å². The number of rotatable bonds is 5. The van der Waals surface area contributed by atoms with E-state index in [0.717, 1.165) is 16.8 Å². The van der Waals surface area contributed by atoms with E-state index in [1.165, 1.54) is 6.07 Å². The highest BCUT2D eigenvalue weighted by Crippen LogP contribution is 2.26. The summed E-state index contributed by atoms with van der Waals surface area (Å²) >= 11 is 0. The lowest BCUT2D eigenvalue weighted by Crippen LogP contribution is -2.44. The van der Waals surface area contributed by atoms with Gasteiger partial charge in [-0.1, -0.05) is 72.8 Å². The molecule has 31 heavy (non-hydrogen) atoms. The molecule has 1 aliphatic rings. The van der Waals surface area contributed by atoms with Crippen molar-refractivity contribution in [1.82, 2.24) is 4.98 Å². The highest BCUT2D eigenvalue weighted by molar-refractivity contribution is 5.82. The second kappa shape index (κ2) is 8.11. The van der Waals surface area contributed by atoms with Gasteiger partial charge in [0.1, 0.15) is 23.4 Å². The van der Waals surface area contributed by atoms with Crippen LogP contribution in [-0.4, -0.2) is 16.9 Å². The Labute approximate surface area is 180 Å². The Hall–Kier alpha value is -3.86. The molecule has 0 fully saturated rings. The summed E-state index contributed by atoms with van der Waals surface area (Å²) < 4.78 is 16.1. The molecule has 0 aliphatic carbocycles. The molecule has 5 heteroatoms. The van der Waals surface area contributed by atoms with Crippen molar-refractivity contribution in [3.63, 3.8) is 0 Å². The number of nitrogens with zero attached hydrogens (tertiary/aromatic N) is 2. The molecule has 0 saturated carbocycles. The van der Waals surface area contributed by atoms with E-state index in [1.807, 2.05) is 60.7 Å². The first-order chi connectivity index (χ1) is 15.2. The summed E-state index contributed by atoms with van der Waals surface area (Å²) in [6.07, 6.45) is 2.75. The van der Waals surface area contributed by atoms with E-state index in [4.69, 9.17) is 4.98 Å². The van der Waals surface area contributed by atoms with Gasteiger partial charge in [-0.3, -0.25) is 5.32 Å². The molecular formula is C26H21FN3O+. The monoisotopic (exact) mass is 410 g/mol. The van der Waals surface area contributed by atoms with Crippen molar-refractivity contribution in [1.29, 1.82) is 0 Å². The van der Waals surface area contributed by atoms with Crippen LogP contribution in [0.1, 0.15) is 21.6 Å². The van der Waals surface area contributed by atoms with Crippen LogP contribution >= 0.6 is 0 Å². The van der Waals surface area contributed by atoms with Crippen LogP contribution in [0.2, 0.25) is 0 Å². The van der Waals surface area contributed by atoms with Crippen molar-refractivity contribution in [3.05, 3.63) is 114 Å². The summed E-state index contributed by atoms with van der Waals surface area (Å²) in [5.74, 6) is 0.253. The van der Waals surface area contributed by atoms with Crippen molar-refractivity contribution in [2.45, 2.75) is 18.9 Å². The van der Waals surface area contributed by atoms with Gasteiger partial charge in [-0.25, -0.2) is 14.2 Å². The van der Waals surface area contributed by atoms with E-state index in [-0.39, 0.29) is 11.7 Å². The van der Waals surface area contributed by atoms with Gasteiger partial charge in [0.2, 0.25) is 0 Å². The number of anilines is 1. The van der Waals surface area contributed by atoms with Crippen molar-refractivity contribution in [2.75, 3.05) is 5.32 Å². The van der Waals surface area contributed by atoms with E-state index in [2.05, 4.69) is 5.32 Å². The van der Waals surface area contributed by atoms with Gasteiger partial charge in [-0.2, -0.15) is 4.57 Å². The van der Waals surface area contributed by atoms with Crippen LogP contribution in [0.3, 0.4) is 0 Å². The van der Waals surface area contributed by atoms with Crippen LogP contribution in [0.15, 0.2) is 91.1 Å². The minimum absolute atomic E-state index is 0.0619. The normalized spacial score (nSPS) is 14.9. The van der Waals surface area contributed by atoms with E-state index in [1.54, 1.807) is 29.0 Å². The van der Waals surface area contributed by atoms with E-state index in [0.29, 0.717) is 29.9 Å². The Balaban J connectivity index is 1.57. The standard InChI is InChI=1S/C26H20FN3O/c27-21-14-8-7-13-20(21)24-17-30-25(22(28-24)15-18-9-3-1-4-10-18)29-23(26(30)31)16-19-11-5-2-6-12-19/h1-14,17,23H,15-16H2/p+1.